The van der Waals surface area contributed by atoms with E-state index in [1.54, 1.807) is 23.0 Å². The molecule has 0 radical (unpaired) electrons. The monoisotopic (exact) mass is 456 g/mol. The highest BCUT2D eigenvalue weighted by Gasteiger charge is 2.15. The van der Waals surface area contributed by atoms with E-state index in [1.807, 2.05) is 30.3 Å². The van der Waals surface area contributed by atoms with Crippen LogP contribution in [-0.2, 0) is 0 Å². The number of nitro groups is 2. The number of rotatable bonds is 7. The number of nitrogens with one attached hydrogen (secondary N) is 1. The molecule has 0 saturated heterocycles. The first-order chi connectivity index (χ1) is 16.4. The maximum Gasteiger partial charge on any atom is 0.271 e. The number of hydrogen-bond donors (Lipinski definition) is 1. The Morgan fingerprint density at radius 2 is 1.62 bits per heavy atom. The second kappa shape index (κ2) is 9.53. The Bertz CT molecular complexity index is 1400. The number of aromatic nitrogens is 2. The molecule has 0 saturated carbocycles. The third-order valence-electron chi connectivity index (χ3n) is 4.80. The number of hydrazone groups is 1. The van der Waals surface area contributed by atoms with Crippen molar-refractivity contribution >= 4 is 23.5 Å². The van der Waals surface area contributed by atoms with Crippen LogP contribution in [-0.4, -0.2) is 31.7 Å². The van der Waals surface area contributed by atoms with Gasteiger partial charge in [0, 0.05) is 47.2 Å². The van der Waals surface area contributed by atoms with E-state index in [4.69, 9.17) is 0 Å². The van der Waals surface area contributed by atoms with Crippen LogP contribution in [0.1, 0.15) is 15.9 Å². The Morgan fingerprint density at radius 3 is 2.29 bits per heavy atom. The van der Waals surface area contributed by atoms with Crippen LogP contribution in [0, 0.1) is 20.2 Å². The molecule has 4 aromatic rings. The van der Waals surface area contributed by atoms with Crippen molar-refractivity contribution in [3.8, 4) is 16.9 Å². The smallest absolute Gasteiger partial charge is 0.267 e. The predicted molar refractivity (Wildman–Crippen MR) is 124 cm³/mol. The number of nitrogens with zero attached hydrogens (tertiary/aromatic N) is 5. The maximum atomic E-state index is 12.3. The summed E-state index contributed by atoms with van der Waals surface area (Å²) in [5.74, 6) is -0.557. The third-order valence-corrected chi connectivity index (χ3v) is 4.80. The molecule has 1 amide bonds. The van der Waals surface area contributed by atoms with E-state index in [2.05, 4.69) is 15.6 Å². The summed E-state index contributed by atoms with van der Waals surface area (Å²) in [5.41, 5.74) is 4.57. The largest absolute Gasteiger partial charge is 0.271 e. The van der Waals surface area contributed by atoms with Gasteiger partial charge in [0.2, 0.25) is 0 Å². The summed E-state index contributed by atoms with van der Waals surface area (Å²) >= 11 is 0. The topological polar surface area (TPSA) is 146 Å². The molecule has 11 heteroatoms. The van der Waals surface area contributed by atoms with E-state index in [0.717, 1.165) is 5.69 Å². The van der Waals surface area contributed by atoms with Crippen LogP contribution in [0.3, 0.4) is 0 Å². The number of amides is 1. The molecular formula is C23H16N6O5. The molecule has 4 rings (SSSR count). The molecule has 1 heterocycles. The van der Waals surface area contributed by atoms with E-state index in [1.165, 1.54) is 42.6 Å². The van der Waals surface area contributed by atoms with Crippen molar-refractivity contribution in [3.63, 3.8) is 0 Å². The van der Waals surface area contributed by atoms with Crippen molar-refractivity contribution in [2.75, 3.05) is 0 Å². The molecule has 3 aromatic carbocycles. The average molecular weight is 456 g/mol. The summed E-state index contributed by atoms with van der Waals surface area (Å²) in [6, 6.07) is 20.4. The fourth-order valence-corrected chi connectivity index (χ4v) is 3.15. The molecule has 0 aliphatic heterocycles. The molecule has 0 spiro atoms. The fourth-order valence-electron chi connectivity index (χ4n) is 3.15. The molecule has 0 bridgehead atoms. The van der Waals surface area contributed by atoms with Crippen LogP contribution in [0.2, 0.25) is 0 Å². The number of carbonyl (C=O) groups excluding carboxylic acids is 1. The Labute approximate surface area is 192 Å². The van der Waals surface area contributed by atoms with Gasteiger partial charge < -0.3 is 0 Å². The number of nitro benzene ring substituents is 2. The van der Waals surface area contributed by atoms with Gasteiger partial charge in [-0.15, -0.1) is 0 Å². The van der Waals surface area contributed by atoms with Crippen LogP contribution in [0.4, 0.5) is 11.4 Å². The maximum absolute atomic E-state index is 12.3. The van der Waals surface area contributed by atoms with Crippen molar-refractivity contribution in [1.82, 2.24) is 15.2 Å². The van der Waals surface area contributed by atoms with Gasteiger partial charge in [0.05, 0.1) is 21.7 Å². The van der Waals surface area contributed by atoms with Crippen molar-refractivity contribution in [2.45, 2.75) is 0 Å². The number of non-ortho nitro benzene ring substituents is 2. The number of hydrogen-bond acceptors (Lipinski definition) is 7. The van der Waals surface area contributed by atoms with E-state index < -0.39 is 15.8 Å². The minimum Gasteiger partial charge on any atom is -0.267 e. The molecule has 34 heavy (non-hydrogen) atoms. The van der Waals surface area contributed by atoms with Gasteiger partial charge in [-0.3, -0.25) is 25.0 Å². The van der Waals surface area contributed by atoms with Gasteiger partial charge in [-0.05, 0) is 24.3 Å². The van der Waals surface area contributed by atoms with Crippen LogP contribution < -0.4 is 5.43 Å². The van der Waals surface area contributed by atoms with Gasteiger partial charge in [-0.1, -0.05) is 30.3 Å². The molecule has 0 aliphatic carbocycles. The van der Waals surface area contributed by atoms with Gasteiger partial charge in [-0.2, -0.15) is 10.2 Å². The standard InChI is InChI=1S/C23H16N6O5/c30-23(16-9-11-20(12-10-16)28(31)32)25-24-14-18-15-27(19-6-2-1-3-7-19)26-22(18)17-5-4-8-21(13-17)29(33)34/h1-15H,(H,25,30)/b24-14+. The first-order valence-electron chi connectivity index (χ1n) is 9.90. The first kappa shape index (κ1) is 22.0. The van der Waals surface area contributed by atoms with Crippen LogP contribution in [0.25, 0.3) is 16.9 Å². The van der Waals surface area contributed by atoms with Crippen molar-refractivity contribution in [3.05, 3.63) is 116 Å². The summed E-state index contributed by atoms with van der Waals surface area (Å²) in [7, 11) is 0. The summed E-state index contributed by atoms with van der Waals surface area (Å²) in [5, 5.41) is 30.5. The van der Waals surface area contributed by atoms with Crippen molar-refractivity contribution < 1.29 is 14.6 Å². The average Bonchev–Trinajstić information content (AvgIpc) is 3.29. The number of carbonyl (C=O) groups is 1. The van der Waals surface area contributed by atoms with Gasteiger partial charge in [0.1, 0.15) is 5.69 Å². The van der Waals surface area contributed by atoms with E-state index >= 15 is 0 Å². The highest BCUT2D eigenvalue weighted by molar-refractivity contribution is 5.96. The molecular weight excluding hydrogens is 440 g/mol. The summed E-state index contributed by atoms with van der Waals surface area (Å²) in [4.78, 5) is 33.2. The van der Waals surface area contributed by atoms with Gasteiger partial charge in [-0.25, -0.2) is 10.1 Å². The molecule has 1 aromatic heterocycles. The molecule has 168 valence electrons. The summed E-state index contributed by atoms with van der Waals surface area (Å²) in [6.07, 6.45) is 3.06. The molecule has 0 aliphatic rings. The normalized spacial score (nSPS) is 10.8. The molecule has 1 N–H and O–H groups in total. The minimum atomic E-state index is -0.557. The number of benzene rings is 3. The second-order valence-electron chi connectivity index (χ2n) is 7.02. The quantitative estimate of drug-likeness (QED) is 0.251. The SMILES string of the molecule is O=C(N/N=C/c1cn(-c2ccccc2)nc1-c1cccc([N+](=O)[O-])c1)c1ccc([N+](=O)[O-])cc1. The van der Waals surface area contributed by atoms with E-state index in [0.29, 0.717) is 16.8 Å². The van der Waals surface area contributed by atoms with E-state index in [9.17, 15) is 25.0 Å². The second-order valence-corrected chi connectivity index (χ2v) is 7.02. The van der Waals surface area contributed by atoms with Crippen molar-refractivity contribution in [1.29, 1.82) is 0 Å². The lowest BCUT2D eigenvalue weighted by Gasteiger charge is -2.01. The van der Waals surface area contributed by atoms with Gasteiger partial charge in [0.25, 0.3) is 17.3 Å². The summed E-state index contributed by atoms with van der Waals surface area (Å²) in [6.45, 7) is 0. The van der Waals surface area contributed by atoms with Crippen LogP contribution in [0.15, 0.2) is 90.2 Å². The molecule has 0 unspecified atom stereocenters. The zero-order valence-corrected chi connectivity index (χ0v) is 17.4. The lowest BCUT2D eigenvalue weighted by Crippen LogP contribution is -2.17. The summed E-state index contributed by atoms with van der Waals surface area (Å²) < 4.78 is 1.60. The Balaban J connectivity index is 1.63. The van der Waals surface area contributed by atoms with E-state index in [-0.39, 0.29) is 16.9 Å². The Hall–Kier alpha value is -5.19. The lowest BCUT2D eigenvalue weighted by atomic mass is 10.1. The van der Waals surface area contributed by atoms with Crippen LogP contribution in [0.5, 0.6) is 0 Å². The van der Waals surface area contributed by atoms with Gasteiger partial charge in [0.15, 0.2) is 0 Å². The fraction of sp³-hybridized carbons (Fsp3) is 0. The minimum absolute atomic E-state index is 0.0823. The molecule has 11 nitrogen and oxygen atoms in total. The zero-order chi connectivity index (χ0) is 24.1. The van der Waals surface area contributed by atoms with Gasteiger partial charge >= 0.3 is 0 Å². The predicted octanol–water partition coefficient (Wildman–Crippen LogP) is 4.12. The zero-order valence-electron chi connectivity index (χ0n) is 17.4. The Kier molecular flexibility index (Phi) is 6.17. The Morgan fingerprint density at radius 1 is 0.912 bits per heavy atom. The van der Waals surface area contributed by atoms with Crippen molar-refractivity contribution in [2.24, 2.45) is 5.10 Å². The number of para-hydroxylation sites is 1. The third kappa shape index (κ3) is 4.83. The molecule has 0 fully saturated rings. The molecule has 0 atom stereocenters. The highest BCUT2D eigenvalue weighted by atomic mass is 16.6. The first-order valence-corrected chi connectivity index (χ1v) is 9.90. The lowest BCUT2D eigenvalue weighted by molar-refractivity contribution is -0.385. The van der Waals surface area contributed by atoms with Crippen LogP contribution >= 0.6 is 0 Å². The highest BCUT2D eigenvalue weighted by Crippen LogP contribution is 2.26.